The Bertz CT molecular complexity index is 622. The maximum atomic E-state index is 12.4. The fourth-order valence-electron chi connectivity index (χ4n) is 3.02. The Balaban J connectivity index is 2.32. The Morgan fingerprint density at radius 2 is 2.04 bits per heavy atom. The molecule has 1 aliphatic heterocycles. The highest BCUT2D eigenvalue weighted by Crippen LogP contribution is 2.39. The first kappa shape index (κ1) is 18.6. The molecule has 1 heterocycles. The third-order valence-corrected chi connectivity index (χ3v) is 4.42. The number of halogens is 4. The summed E-state index contributed by atoms with van der Waals surface area (Å²) in [5.74, 6) is -1.63. The molecule has 2 rings (SSSR count). The zero-order chi connectivity index (χ0) is 17.9. The summed E-state index contributed by atoms with van der Waals surface area (Å²) in [6, 6.07) is 6.09. The molecule has 1 N–H and O–H groups in total. The van der Waals surface area contributed by atoms with Gasteiger partial charge in [-0.3, -0.25) is 9.59 Å². The highest BCUT2D eigenvalue weighted by atomic mass is 35.5. The molecule has 1 fully saturated rings. The second kappa shape index (κ2) is 7.42. The average molecular weight is 363 g/mol. The zero-order valence-electron chi connectivity index (χ0n) is 13.1. The van der Waals surface area contributed by atoms with Crippen LogP contribution in [0.15, 0.2) is 24.3 Å². The van der Waals surface area contributed by atoms with E-state index in [9.17, 15) is 22.8 Å². The molecular weight excluding hydrogens is 345 g/mol. The fourth-order valence-corrected chi connectivity index (χ4v) is 3.27. The lowest BCUT2D eigenvalue weighted by molar-refractivity contribution is -0.148. The van der Waals surface area contributed by atoms with Crippen LogP contribution in [0.1, 0.15) is 31.4 Å². The quantitative estimate of drug-likeness (QED) is 0.893. The Hall–Kier alpha value is -1.76. The first-order valence-electron chi connectivity index (χ1n) is 7.63. The number of nitrogens with zero attached hydrogens (tertiary/aromatic N) is 1. The fraction of sp³-hybridized carbons (Fsp3) is 0.500. The number of carbonyl (C=O) groups excluding carboxylic acids is 2. The average Bonchev–Trinajstić information content (AvgIpc) is 2.52. The number of benzene rings is 1. The summed E-state index contributed by atoms with van der Waals surface area (Å²) in [5.41, 5.74) is 0.571. The van der Waals surface area contributed by atoms with Gasteiger partial charge in [-0.1, -0.05) is 29.8 Å². The standard InChI is InChI=1S/C16H18ClF3N2O2/c1-2-22-13(23)8-7-11(15(24)21-9-16(18,19)20)14(22)10-5-3-4-6-12(10)17/h3-6,11,14H,2,7-9H2,1H3,(H,21,24)/t11-,14+/m1/s1. The highest BCUT2D eigenvalue weighted by molar-refractivity contribution is 6.31. The highest BCUT2D eigenvalue weighted by Gasteiger charge is 2.41. The van der Waals surface area contributed by atoms with E-state index >= 15 is 0 Å². The minimum Gasteiger partial charge on any atom is -0.347 e. The lowest BCUT2D eigenvalue weighted by atomic mass is 9.83. The molecule has 0 aliphatic carbocycles. The van der Waals surface area contributed by atoms with Crippen LogP contribution >= 0.6 is 11.6 Å². The minimum absolute atomic E-state index is 0.124. The maximum Gasteiger partial charge on any atom is 0.405 e. The van der Waals surface area contributed by atoms with E-state index in [-0.39, 0.29) is 18.7 Å². The van der Waals surface area contributed by atoms with Crippen LogP contribution in [0.3, 0.4) is 0 Å². The summed E-state index contributed by atoms with van der Waals surface area (Å²) in [6.07, 6.45) is -4.17. The Morgan fingerprint density at radius 1 is 1.38 bits per heavy atom. The van der Waals surface area contributed by atoms with E-state index in [1.807, 2.05) is 5.32 Å². The van der Waals surface area contributed by atoms with Crippen LogP contribution in [0.25, 0.3) is 0 Å². The predicted octanol–water partition coefficient (Wildman–Crippen LogP) is 3.32. The zero-order valence-corrected chi connectivity index (χ0v) is 13.8. The molecule has 0 aromatic heterocycles. The van der Waals surface area contributed by atoms with E-state index in [4.69, 9.17) is 11.6 Å². The van der Waals surface area contributed by atoms with E-state index in [0.29, 0.717) is 17.1 Å². The Kier molecular flexibility index (Phi) is 5.74. The van der Waals surface area contributed by atoms with Gasteiger partial charge in [0.05, 0.1) is 12.0 Å². The lowest BCUT2D eigenvalue weighted by Gasteiger charge is -2.40. The molecule has 0 spiro atoms. The van der Waals surface area contributed by atoms with Crippen LogP contribution < -0.4 is 5.32 Å². The van der Waals surface area contributed by atoms with Gasteiger partial charge in [-0.2, -0.15) is 13.2 Å². The number of hydrogen-bond acceptors (Lipinski definition) is 2. The Morgan fingerprint density at radius 3 is 2.62 bits per heavy atom. The molecule has 4 nitrogen and oxygen atoms in total. The molecule has 1 aromatic carbocycles. The van der Waals surface area contributed by atoms with Crippen LogP contribution in [0.4, 0.5) is 13.2 Å². The second-order valence-electron chi connectivity index (χ2n) is 5.62. The van der Waals surface area contributed by atoms with Gasteiger partial charge in [0.25, 0.3) is 0 Å². The SMILES string of the molecule is CCN1C(=O)CC[C@@H](C(=O)NCC(F)(F)F)[C@@H]1c1ccccc1Cl. The number of alkyl halides is 3. The van der Waals surface area contributed by atoms with Crippen molar-refractivity contribution in [3.8, 4) is 0 Å². The van der Waals surface area contributed by atoms with Crippen molar-refractivity contribution in [3.63, 3.8) is 0 Å². The van der Waals surface area contributed by atoms with E-state index in [0.717, 1.165) is 0 Å². The van der Waals surface area contributed by atoms with Gasteiger partial charge >= 0.3 is 6.18 Å². The van der Waals surface area contributed by atoms with Gasteiger partial charge in [0.1, 0.15) is 6.54 Å². The third-order valence-electron chi connectivity index (χ3n) is 4.07. The molecular formula is C16H18ClF3N2O2. The van der Waals surface area contributed by atoms with E-state index in [2.05, 4.69) is 0 Å². The number of rotatable bonds is 4. The molecule has 1 aromatic rings. The minimum atomic E-state index is -4.48. The molecule has 24 heavy (non-hydrogen) atoms. The number of carbonyl (C=O) groups is 2. The first-order valence-corrected chi connectivity index (χ1v) is 8.00. The number of amides is 2. The van der Waals surface area contributed by atoms with Crippen LogP contribution in [0, 0.1) is 5.92 Å². The summed E-state index contributed by atoms with van der Waals surface area (Å²) in [5, 5.41) is 2.30. The molecule has 0 unspecified atom stereocenters. The molecule has 1 saturated heterocycles. The van der Waals surface area contributed by atoms with Crippen molar-refractivity contribution in [2.45, 2.75) is 32.0 Å². The van der Waals surface area contributed by atoms with Crippen molar-refractivity contribution < 1.29 is 22.8 Å². The predicted molar refractivity (Wildman–Crippen MR) is 83.4 cm³/mol. The second-order valence-corrected chi connectivity index (χ2v) is 6.03. The van der Waals surface area contributed by atoms with E-state index < -0.39 is 30.6 Å². The van der Waals surface area contributed by atoms with E-state index in [1.54, 1.807) is 31.2 Å². The van der Waals surface area contributed by atoms with Gasteiger partial charge < -0.3 is 10.2 Å². The first-order chi connectivity index (χ1) is 11.2. The van der Waals surface area contributed by atoms with Gasteiger partial charge in [0, 0.05) is 18.0 Å². The van der Waals surface area contributed by atoms with Gasteiger partial charge in [0.2, 0.25) is 11.8 Å². The normalized spacial score (nSPS) is 21.7. The molecule has 2 amide bonds. The number of likely N-dealkylation sites (tertiary alicyclic amines) is 1. The number of nitrogens with one attached hydrogen (secondary N) is 1. The summed E-state index contributed by atoms with van der Waals surface area (Å²) >= 11 is 6.20. The monoisotopic (exact) mass is 362 g/mol. The van der Waals surface area contributed by atoms with Crippen molar-refractivity contribution in [1.82, 2.24) is 10.2 Å². The number of hydrogen-bond donors (Lipinski definition) is 1. The largest absolute Gasteiger partial charge is 0.405 e. The van der Waals surface area contributed by atoms with Crippen molar-refractivity contribution in [2.24, 2.45) is 5.92 Å². The summed E-state index contributed by atoms with van der Waals surface area (Å²) < 4.78 is 37.1. The molecule has 0 radical (unpaired) electrons. The van der Waals surface area contributed by atoms with Crippen molar-refractivity contribution in [3.05, 3.63) is 34.9 Å². The van der Waals surface area contributed by atoms with Gasteiger partial charge in [-0.05, 0) is 25.0 Å². The molecule has 2 atom stereocenters. The van der Waals surface area contributed by atoms with Gasteiger partial charge in [-0.15, -0.1) is 0 Å². The Labute approximate surface area is 143 Å². The van der Waals surface area contributed by atoms with Crippen molar-refractivity contribution in [2.75, 3.05) is 13.1 Å². The molecule has 8 heteroatoms. The maximum absolute atomic E-state index is 12.4. The summed E-state index contributed by atoms with van der Waals surface area (Å²) in [7, 11) is 0. The molecule has 0 bridgehead atoms. The summed E-state index contributed by atoms with van der Waals surface area (Å²) in [4.78, 5) is 26.0. The third kappa shape index (κ3) is 4.20. The lowest BCUT2D eigenvalue weighted by Crippen LogP contribution is -2.49. The molecule has 1 aliphatic rings. The van der Waals surface area contributed by atoms with Crippen LogP contribution in [-0.4, -0.2) is 36.0 Å². The van der Waals surface area contributed by atoms with Crippen molar-refractivity contribution >= 4 is 23.4 Å². The summed E-state index contributed by atoms with van der Waals surface area (Å²) in [6.45, 7) is 0.715. The smallest absolute Gasteiger partial charge is 0.347 e. The van der Waals surface area contributed by atoms with Crippen LogP contribution in [0.5, 0.6) is 0 Å². The molecule has 132 valence electrons. The van der Waals surface area contributed by atoms with Crippen molar-refractivity contribution in [1.29, 1.82) is 0 Å². The van der Waals surface area contributed by atoms with Gasteiger partial charge in [-0.25, -0.2) is 0 Å². The number of piperidine rings is 1. The van der Waals surface area contributed by atoms with E-state index in [1.165, 1.54) is 4.90 Å². The molecule has 0 saturated carbocycles. The van der Waals surface area contributed by atoms with Gasteiger partial charge in [0.15, 0.2) is 0 Å². The van der Waals surface area contributed by atoms with Crippen LogP contribution in [0.2, 0.25) is 5.02 Å². The van der Waals surface area contributed by atoms with Crippen LogP contribution in [-0.2, 0) is 9.59 Å². The topological polar surface area (TPSA) is 49.4 Å².